The van der Waals surface area contributed by atoms with Gasteiger partial charge in [0.25, 0.3) is 0 Å². The van der Waals surface area contributed by atoms with Crippen LogP contribution in [0.1, 0.15) is 20.3 Å². The first kappa shape index (κ1) is 17.0. The van der Waals surface area contributed by atoms with E-state index in [1.54, 1.807) is 4.90 Å². The van der Waals surface area contributed by atoms with Gasteiger partial charge in [-0.1, -0.05) is 0 Å². The summed E-state index contributed by atoms with van der Waals surface area (Å²) < 4.78 is 25.8. The fourth-order valence-corrected chi connectivity index (χ4v) is 1.72. The van der Waals surface area contributed by atoms with Crippen molar-refractivity contribution in [3.8, 4) is 0 Å². The number of carboxylic acid groups (broad SMARTS) is 1. The number of aliphatic carboxylic acids is 1. The van der Waals surface area contributed by atoms with Gasteiger partial charge in [-0.3, -0.25) is 14.5 Å². The first-order chi connectivity index (χ1) is 9.79. The van der Waals surface area contributed by atoms with Gasteiger partial charge in [0.1, 0.15) is 0 Å². The van der Waals surface area contributed by atoms with Crippen molar-refractivity contribution in [2.24, 2.45) is 0 Å². The maximum absolute atomic E-state index is 13.0. The van der Waals surface area contributed by atoms with Crippen LogP contribution < -0.4 is 5.32 Å². The number of carboxylic acids is 1. The smallest absolute Gasteiger partial charge is 0.304 e. The van der Waals surface area contributed by atoms with E-state index in [9.17, 15) is 18.4 Å². The van der Waals surface area contributed by atoms with Crippen LogP contribution >= 0.6 is 0 Å². The summed E-state index contributed by atoms with van der Waals surface area (Å²) >= 11 is 0. The quantitative estimate of drug-likeness (QED) is 0.809. The number of anilines is 1. The van der Waals surface area contributed by atoms with Crippen molar-refractivity contribution >= 4 is 17.6 Å². The molecule has 0 saturated carbocycles. The molecule has 0 aromatic heterocycles. The van der Waals surface area contributed by atoms with Gasteiger partial charge < -0.3 is 10.4 Å². The molecule has 5 nitrogen and oxygen atoms in total. The number of carbonyl (C=O) groups excluding carboxylic acids is 1. The second-order valence-electron chi connectivity index (χ2n) is 4.89. The second kappa shape index (κ2) is 7.68. The van der Waals surface area contributed by atoms with E-state index in [1.165, 1.54) is 6.07 Å². The maximum atomic E-state index is 13.0. The highest BCUT2D eigenvalue weighted by Crippen LogP contribution is 2.13. The molecule has 1 aromatic rings. The van der Waals surface area contributed by atoms with E-state index in [0.29, 0.717) is 0 Å². The summed E-state index contributed by atoms with van der Waals surface area (Å²) in [5.74, 6) is -3.39. The fourth-order valence-electron chi connectivity index (χ4n) is 1.72. The average Bonchev–Trinajstić information content (AvgIpc) is 2.38. The van der Waals surface area contributed by atoms with Crippen molar-refractivity contribution < 1.29 is 23.5 Å². The second-order valence-corrected chi connectivity index (χ2v) is 4.89. The number of hydrogen-bond acceptors (Lipinski definition) is 3. The van der Waals surface area contributed by atoms with Crippen molar-refractivity contribution in [3.05, 3.63) is 29.8 Å². The summed E-state index contributed by atoms with van der Waals surface area (Å²) in [7, 11) is 0. The zero-order chi connectivity index (χ0) is 16.0. The van der Waals surface area contributed by atoms with Crippen LogP contribution in [0.2, 0.25) is 0 Å². The molecule has 21 heavy (non-hydrogen) atoms. The molecule has 0 saturated heterocycles. The van der Waals surface area contributed by atoms with E-state index < -0.39 is 23.5 Å². The molecular weight excluding hydrogens is 282 g/mol. The minimum Gasteiger partial charge on any atom is -0.481 e. The Labute approximate surface area is 121 Å². The predicted octanol–water partition coefficient (Wildman–Crippen LogP) is 2.09. The van der Waals surface area contributed by atoms with Crippen LogP contribution in [0, 0.1) is 11.6 Å². The number of nitrogens with zero attached hydrogens (tertiary/aromatic N) is 1. The molecule has 0 unspecified atom stereocenters. The van der Waals surface area contributed by atoms with Crippen molar-refractivity contribution in [1.29, 1.82) is 0 Å². The SMILES string of the molecule is CC(C)N(CCC(=O)O)CC(=O)Nc1ccc(F)c(F)c1. The highest BCUT2D eigenvalue weighted by Gasteiger charge is 2.15. The molecule has 0 aliphatic heterocycles. The van der Waals surface area contributed by atoms with Crippen LogP contribution in [0.5, 0.6) is 0 Å². The molecular formula is C14H18F2N2O3. The molecule has 2 N–H and O–H groups in total. The number of benzene rings is 1. The van der Waals surface area contributed by atoms with Crippen LogP contribution in [0.15, 0.2) is 18.2 Å². The minimum absolute atomic E-state index is 0.0138. The average molecular weight is 300 g/mol. The maximum Gasteiger partial charge on any atom is 0.304 e. The number of rotatable bonds is 7. The van der Waals surface area contributed by atoms with Gasteiger partial charge in [-0.2, -0.15) is 0 Å². The monoisotopic (exact) mass is 300 g/mol. The summed E-state index contributed by atoms with van der Waals surface area (Å²) in [6, 6.07) is 3.06. The molecule has 0 bridgehead atoms. The van der Waals surface area contributed by atoms with Crippen LogP contribution in [0.4, 0.5) is 14.5 Å². The number of amides is 1. The van der Waals surface area contributed by atoms with Crippen LogP contribution in [-0.2, 0) is 9.59 Å². The summed E-state index contributed by atoms with van der Waals surface area (Å²) in [4.78, 5) is 24.1. The summed E-state index contributed by atoms with van der Waals surface area (Å²) in [6.07, 6.45) is -0.0728. The zero-order valence-electron chi connectivity index (χ0n) is 11.9. The molecule has 0 heterocycles. The minimum atomic E-state index is -1.04. The summed E-state index contributed by atoms with van der Waals surface area (Å²) in [5.41, 5.74) is 0.154. The molecule has 0 fully saturated rings. The standard InChI is InChI=1S/C14H18F2N2O3/c1-9(2)18(6-5-14(20)21)8-13(19)17-10-3-4-11(15)12(16)7-10/h3-4,7,9H,5-6,8H2,1-2H3,(H,17,19)(H,20,21). The lowest BCUT2D eigenvalue weighted by Gasteiger charge is -2.25. The van der Waals surface area contributed by atoms with E-state index in [-0.39, 0.29) is 31.2 Å². The largest absolute Gasteiger partial charge is 0.481 e. The van der Waals surface area contributed by atoms with Crippen LogP contribution in [0.3, 0.4) is 0 Å². The van der Waals surface area contributed by atoms with Gasteiger partial charge in [-0.05, 0) is 26.0 Å². The van der Waals surface area contributed by atoms with E-state index in [4.69, 9.17) is 5.11 Å². The molecule has 0 atom stereocenters. The predicted molar refractivity (Wildman–Crippen MR) is 73.9 cm³/mol. The van der Waals surface area contributed by atoms with E-state index in [0.717, 1.165) is 12.1 Å². The third-order valence-corrected chi connectivity index (χ3v) is 2.89. The fraction of sp³-hybridized carbons (Fsp3) is 0.429. The van der Waals surface area contributed by atoms with Crippen molar-refractivity contribution in [2.75, 3.05) is 18.4 Å². The van der Waals surface area contributed by atoms with Gasteiger partial charge in [0.05, 0.1) is 13.0 Å². The van der Waals surface area contributed by atoms with Gasteiger partial charge in [-0.25, -0.2) is 8.78 Å². The lowest BCUT2D eigenvalue weighted by molar-refractivity contribution is -0.137. The number of hydrogen-bond donors (Lipinski definition) is 2. The highest BCUT2D eigenvalue weighted by molar-refractivity contribution is 5.92. The third kappa shape index (κ3) is 5.86. The van der Waals surface area contributed by atoms with Gasteiger partial charge in [0, 0.05) is 24.3 Å². The number of nitrogens with one attached hydrogen (secondary N) is 1. The Hall–Kier alpha value is -2.02. The molecule has 1 amide bonds. The van der Waals surface area contributed by atoms with Crippen molar-refractivity contribution in [1.82, 2.24) is 4.90 Å². The van der Waals surface area contributed by atoms with E-state index in [1.807, 2.05) is 13.8 Å². The highest BCUT2D eigenvalue weighted by atomic mass is 19.2. The third-order valence-electron chi connectivity index (χ3n) is 2.89. The van der Waals surface area contributed by atoms with E-state index >= 15 is 0 Å². The molecule has 0 aliphatic rings. The molecule has 0 spiro atoms. The first-order valence-corrected chi connectivity index (χ1v) is 6.50. The Morgan fingerprint density at radius 1 is 1.29 bits per heavy atom. The van der Waals surface area contributed by atoms with Gasteiger partial charge >= 0.3 is 5.97 Å². The Morgan fingerprint density at radius 3 is 2.48 bits per heavy atom. The molecule has 0 aliphatic carbocycles. The van der Waals surface area contributed by atoms with Gasteiger partial charge in [0.2, 0.25) is 5.91 Å². The lowest BCUT2D eigenvalue weighted by Crippen LogP contribution is -2.39. The summed E-state index contributed by atoms with van der Waals surface area (Å²) in [6.45, 7) is 3.89. The molecule has 116 valence electrons. The van der Waals surface area contributed by atoms with E-state index in [2.05, 4.69) is 5.32 Å². The summed E-state index contributed by atoms with van der Waals surface area (Å²) in [5, 5.41) is 11.1. The van der Waals surface area contributed by atoms with Crippen molar-refractivity contribution in [3.63, 3.8) is 0 Å². The Balaban J connectivity index is 2.60. The Kier molecular flexibility index (Phi) is 6.23. The molecule has 7 heteroatoms. The first-order valence-electron chi connectivity index (χ1n) is 6.50. The molecule has 1 rings (SSSR count). The lowest BCUT2D eigenvalue weighted by atomic mass is 10.2. The molecule has 1 aromatic carbocycles. The van der Waals surface area contributed by atoms with Crippen LogP contribution in [-0.4, -0.2) is 41.0 Å². The number of carbonyl (C=O) groups is 2. The van der Waals surface area contributed by atoms with Gasteiger partial charge in [-0.15, -0.1) is 0 Å². The van der Waals surface area contributed by atoms with Crippen molar-refractivity contribution in [2.45, 2.75) is 26.3 Å². The molecule has 0 radical (unpaired) electrons. The zero-order valence-corrected chi connectivity index (χ0v) is 11.9. The topological polar surface area (TPSA) is 69.6 Å². The normalized spacial score (nSPS) is 11.0. The van der Waals surface area contributed by atoms with Crippen LogP contribution in [0.25, 0.3) is 0 Å². The number of halogens is 2. The Morgan fingerprint density at radius 2 is 1.95 bits per heavy atom. The van der Waals surface area contributed by atoms with Gasteiger partial charge in [0.15, 0.2) is 11.6 Å². The Bertz CT molecular complexity index is 521.